The molecule has 0 N–H and O–H groups in total. The van der Waals surface area contributed by atoms with E-state index in [1.165, 1.54) is 38.2 Å². The maximum Gasteiger partial charge on any atom is 0.0972 e. The van der Waals surface area contributed by atoms with Gasteiger partial charge in [-0.15, -0.1) is 0 Å². The van der Waals surface area contributed by atoms with Gasteiger partial charge in [-0.05, 0) is 73.6 Å². The van der Waals surface area contributed by atoms with Crippen molar-refractivity contribution in [3.63, 3.8) is 0 Å². The third-order valence-electron chi connectivity index (χ3n) is 8.98. The first-order chi connectivity index (χ1) is 23.5. The molecule has 2 nitrogen and oxygen atoms in total. The van der Waals surface area contributed by atoms with Crippen LogP contribution in [0.25, 0.3) is 87.6 Å². The molecule has 9 rings (SSSR count). The van der Waals surface area contributed by atoms with Gasteiger partial charge in [0, 0.05) is 26.1 Å². The Bertz CT molecular complexity index is 2660. The van der Waals surface area contributed by atoms with E-state index in [0.29, 0.717) is 11.0 Å². The number of fused-ring (bicyclic) bond motifs is 6. The zero-order valence-corrected chi connectivity index (χ0v) is 24.3. The SMILES string of the molecule is [2H]C([2H])([2H])c1ccc2ccc3ccc(-c4ccc(-c5c6ccccc6c(-c6ccccc6)c6ccccc56)c5ccccc45)nc3c2n1. The Kier molecular flexibility index (Phi) is 5.09. The van der Waals surface area contributed by atoms with E-state index < -0.39 is 6.85 Å². The first-order valence-corrected chi connectivity index (χ1v) is 15.2. The second-order valence-electron chi connectivity index (χ2n) is 11.5. The highest BCUT2D eigenvalue weighted by Gasteiger charge is 2.19. The van der Waals surface area contributed by atoms with Crippen LogP contribution in [0.4, 0.5) is 0 Å². The highest BCUT2D eigenvalue weighted by Crippen LogP contribution is 2.46. The van der Waals surface area contributed by atoms with Gasteiger partial charge in [-0.25, -0.2) is 4.98 Å². The van der Waals surface area contributed by atoms with Crippen molar-refractivity contribution in [2.75, 3.05) is 0 Å². The summed E-state index contributed by atoms with van der Waals surface area (Å²) in [5, 5.41) is 8.87. The van der Waals surface area contributed by atoms with Crippen molar-refractivity contribution in [3.8, 4) is 33.5 Å². The average molecular weight is 576 g/mol. The molecule has 2 heterocycles. The zero-order valence-electron chi connectivity index (χ0n) is 27.3. The van der Waals surface area contributed by atoms with Crippen LogP contribution < -0.4 is 0 Å². The van der Waals surface area contributed by atoms with Gasteiger partial charge in [-0.2, -0.15) is 0 Å². The van der Waals surface area contributed by atoms with Crippen molar-refractivity contribution in [1.29, 1.82) is 0 Å². The van der Waals surface area contributed by atoms with Gasteiger partial charge in [-0.1, -0.05) is 140 Å². The van der Waals surface area contributed by atoms with Crippen molar-refractivity contribution >= 4 is 54.1 Å². The molecule has 0 bridgehead atoms. The lowest BCUT2D eigenvalue weighted by molar-refractivity contribution is 1.25. The zero-order chi connectivity index (χ0) is 32.4. The molecule has 0 radical (unpaired) electrons. The van der Waals surface area contributed by atoms with E-state index in [4.69, 9.17) is 9.10 Å². The molecular weight excluding hydrogens is 544 g/mol. The molecule has 7 aromatic carbocycles. The quantitative estimate of drug-likeness (QED) is 0.155. The van der Waals surface area contributed by atoms with Crippen LogP contribution >= 0.6 is 0 Å². The fraction of sp³-hybridized carbons (Fsp3) is 0.0233. The fourth-order valence-corrected chi connectivity index (χ4v) is 6.99. The van der Waals surface area contributed by atoms with Crippen molar-refractivity contribution in [1.82, 2.24) is 9.97 Å². The molecule has 0 unspecified atom stereocenters. The Hall–Kier alpha value is -5.86. The standard InChI is InChI=1S/C43H28N2/c1-27-19-20-29-21-22-30-23-26-39(45-43(30)42(29)44-27)33-24-25-38(32-14-6-5-13-31(32)33)41-36-17-9-7-15-34(36)40(28-11-3-2-4-12-28)35-16-8-10-18-37(35)41/h2-26H,1H3/i1D3. The molecule has 0 atom stereocenters. The summed E-state index contributed by atoms with van der Waals surface area (Å²) in [7, 11) is 0. The van der Waals surface area contributed by atoms with E-state index in [-0.39, 0.29) is 5.69 Å². The molecule has 45 heavy (non-hydrogen) atoms. The molecule has 0 amide bonds. The largest absolute Gasteiger partial charge is 0.251 e. The monoisotopic (exact) mass is 575 g/mol. The number of aromatic nitrogens is 2. The van der Waals surface area contributed by atoms with E-state index in [0.717, 1.165) is 38.4 Å². The van der Waals surface area contributed by atoms with Crippen molar-refractivity contribution in [2.45, 2.75) is 6.85 Å². The van der Waals surface area contributed by atoms with Crippen molar-refractivity contribution in [2.24, 2.45) is 0 Å². The molecule has 0 aliphatic heterocycles. The fourth-order valence-electron chi connectivity index (χ4n) is 6.99. The topological polar surface area (TPSA) is 25.8 Å². The lowest BCUT2D eigenvalue weighted by Gasteiger charge is -2.19. The van der Waals surface area contributed by atoms with Gasteiger partial charge < -0.3 is 0 Å². The van der Waals surface area contributed by atoms with Crippen LogP contribution in [-0.4, -0.2) is 9.97 Å². The second kappa shape index (κ2) is 10.1. The molecular formula is C43H28N2. The number of benzene rings is 7. The summed E-state index contributed by atoms with van der Waals surface area (Å²) < 4.78 is 23.8. The smallest absolute Gasteiger partial charge is 0.0972 e. The normalized spacial score (nSPS) is 12.9. The van der Waals surface area contributed by atoms with Crippen LogP contribution in [-0.2, 0) is 0 Å². The van der Waals surface area contributed by atoms with Gasteiger partial charge in [0.1, 0.15) is 0 Å². The summed E-state index contributed by atoms with van der Waals surface area (Å²) in [4.78, 5) is 9.74. The Morgan fingerprint density at radius 3 is 1.53 bits per heavy atom. The number of hydrogen-bond donors (Lipinski definition) is 0. The van der Waals surface area contributed by atoms with Crippen LogP contribution in [0.2, 0.25) is 0 Å². The van der Waals surface area contributed by atoms with E-state index in [1.54, 1.807) is 6.07 Å². The Morgan fingerprint density at radius 2 is 0.889 bits per heavy atom. The Balaban J connectivity index is 1.31. The molecule has 2 heteroatoms. The number of aryl methyl sites for hydroxylation is 1. The summed E-state index contributed by atoms with van der Waals surface area (Å²) in [6, 6.07) is 52.5. The third-order valence-corrected chi connectivity index (χ3v) is 8.98. The number of pyridine rings is 2. The molecule has 9 aromatic rings. The molecule has 0 saturated carbocycles. The number of nitrogens with zero attached hydrogens (tertiary/aromatic N) is 2. The minimum Gasteiger partial charge on any atom is -0.251 e. The van der Waals surface area contributed by atoms with E-state index in [9.17, 15) is 0 Å². The Labute approximate surface area is 265 Å². The van der Waals surface area contributed by atoms with Crippen molar-refractivity contribution in [3.05, 3.63) is 157 Å². The van der Waals surface area contributed by atoms with Crippen LogP contribution in [0.1, 0.15) is 9.81 Å². The first-order valence-electron chi connectivity index (χ1n) is 16.7. The molecule has 0 saturated heterocycles. The van der Waals surface area contributed by atoms with Gasteiger partial charge in [0.2, 0.25) is 0 Å². The van der Waals surface area contributed by atoms with Gasteiger partial charge in [-0.3, -0.25) is 4.98 Å². The predicted octanol–water partition coefficient (Wildman–Crippen LogP) is 11.6. The van der Waals surface area contributed by atoms with Gasteiger partial charge in [0.15, 0.2) is 0 Å². The predicted molar refractivity (Wildman–Crippen MR) is 191 cm³/mol. The maximum atomic E-state index is 7.92. The second-order valence-corrected chi connectivity index (χ2v) is 11.5. The molecule has 0 aliphatic carbocycles. The Morgan fingerprint density at radius 1 is 0.400 bits per heavy atom. The summed E-state index contributed by atoms with van der Waals surface area (Å²) in [6.45, 7) is -2.30. The minimum absolute atomic E-state index is 0.0715. The summed E-state index contributed by atoms with van der Waals surface area (Å²) in [5.74, 6) is 0. The highest BCUT2D eigenvalue weighted by atomic mass is 14.8. The van der Waals surface area contributed by atoms with E-state index in [2.05, 4.69) is 120 Å². The minimum atomic E-state index is -2.30. The molecule has 210 valence electrons. The van der Waals surface area contributed by atoms with E-state index >= 15 is 0 Å². The van der Waals surface area contributed by atoms with Gasteiger partial charge >= 0.3 is 0 Å². The van der Waals surface area contributed by atoms with Crippen LogP contribution in [0.3, 0.4) is 0 Å². The number of rotatable bonds is 3. The van der Waals surface area contributed by atoms with Gasteiger partial charge in [0.05, 0.1) is 16.7 Å². The van der Waals surface area contributed by atoms with Crippen LogP contribution in [0, 0.1) is 6.85 Å². The maximum absolute atomic E-state index is 7.92. The lowest BCUT2D eigenvalue weighted by atomic mass is 9.84. The summed E-state index contributed by atoms with van der Waals surface area (Å²) in [6.07, 6.45) is 0. The molecule has 0 aliphatic rings. The average Bonchev–Trinajstić information content (AvgIpc) is 3.13. The highest BCUT2D eigenvalue weighted by molar-refractivity contribution is 6.24. The van der Waals surface area contributed by atoms with E-state index in [1.807, 2.05) is 30.3 Å². The summed E-state index contributed by atoms with van der Waals surface area (Å²) >= 11 is 0. The lowest BCUT2D eigenvalue weighted by Crippen LogP contribution is -1.93. The molecule has 0 spiro atoms. The van der Waals surface area contributed by atoms with Crippen molar-refractivity contribution < 1.29 is 4.11 Å². The first kappa shape index (κ1) is 22.6. The van der Waals surface area contributed by atoms with Crippen LogP contribution in [0.15, 0.2) is 152 Å². The van der Waals surface area contributed by atoms with Crippen LogP contribution in [0.5, 0.6) is 0 Å². The number of hydrogen-bond acceptors (Lipinski definition) is 2. The molecule has 0 fully saturated rings. The third kappa shape index (κ3) is 4.03. The summed E-state index contributed by atoms with van der Waals surface area (Å²) in [5.41, 5.74) is 8.00. The van der Waals surface area contributed by atoms with Gasteiger partial charge in [0.25, 0.3) is 0 Å². The molecule has 2 aromatic heterocycles.